The van der Waals surface area contributed by atoms with E-state index >= 15 is 0 Å². The van der Waals surface area contributed by atoms with Gasteiger partial charge in [-0.05, 0) is 206 Å². The first-order valence-electron chi connectivity index (χ1n) is 38.1. The summed E-state index contributed by atoms with van der Waals surface area (Å²) in [5.41, 5.74) is 12.1. The summed E-state index contributed by atoms with van der Waals surface area (Å²) >= 11 is 0. The van der Waals surface area contributed by atoms with Gasteiger partial charge < -0.3 is 18.9 Å². The first-order chi connectivity index (χ1) is 47.3. The maximum Gasteiger partial charge on any atom is 0.333 e. The van der Waals surface area contributed by atoms with Gasteiger partial charge in [-0.25, -0.2) is 4.79 Å². The molecule has 6 aromatic rings. The van der Waals surface area contributed by atoms with Crippen LogP contribution in [0.1, 0.15) is 205 Å². The average Bonchev–Trinajstić information content (AvgIpc) is 0.924. The number of allylic oxidation sites excluding steroid dienone is 1. The summed E-state index contributed by atoms with van der Waals surface area (Å²) in [6, 6.07) is 57.8. The maximum atomic E-state index is 12.9. The van der Waals surface area contributed by atoms with Crippen molar-refractivity contribution < 1.29 is 38.1 Å². The number of esters is 4. The Kier molecular flexibility index (Phi) is 34.0. The number of benzene rings is 6. The van der Waals surface area contributed by atoms with Crippen molar-refractivity contribution in [1.29, 1.82) is 0 Å². The van der Waals surface area contributed by atoms with E-state index in [0.717, 1.165) is 63.4 Å². The van der Waals surface area contributed by atoms with Gasteiger partial charge in [0.15, 0.2) is 0 Å². The molecule has 3 aliphatic carbocycles. The van der Waals surface area contributed by atoms with Gasteiger partial charge in [-0.15, -0.1) is 0 Å². The number of carbonyl (C=O) groups is 4. The van der Waals surface area contributed by atoms with Crippen molar-refractivity contribution in [1.82, 2.24) is 0 Å². The van der Waals surface area contributed by atoms with Crippen molar-refractivity contribution >= 4 is 23.9 Å². The fraction of sp³-hybridized carbons (Fsp3) is 0.538. The van der Waals surface area contributed by atoms with E-state index in [-0.39, 0.29) is 59.9 Å². The molecule has 0 aromatic heterocycles. The third-order valence-electron chi connectivity index (χ3n) is 21.1. The van der Waals surface area contributed by atoms with Gasteiger partial charge in [0, 0.05) is 12.5 Å². The zero-order valence-electron chi connectivity index (χ0n) is 63.9. The lowest BCUT2D eigenvalue weighted by atomic mass is 9.75. The molecule has 9 rings (SSSR count). The minimum Gasteiger partial charge on any atom is -0.466 e. The predicted octanol–water partition coefficient (Wildman–Crippen LogP) is 23.2. The summed E-state index contributed by atoms with van der Waals surface area (Å²) < 4.78 is 22.6. The van der Waals surface area contributed by atoms with Crippen molar-refractivity contribution in [2.24, 2.45) is 82.9 Å². The monoisotopic (exact) mass is 1350 g/mol. The Labute approximate surface area is 599 Å². The SMILES string of the molecule is C/C(=C\[C@@H](C)Cc1ccc(-c2ccccc2)cc1)C(=O)O[C@@H]1C[C@H](C)CC[C@H]1C(C)C.CC(C)[C@@H]1CC[C@@H](C)C[C@H]1OC(=O)[C@@H](C)C[C@@H](C)Cc1ccc(-c2ccccc2)cc1.CC(C)[C@@H]1CC[C@@H](C)C[C@H]1OC(=O)[C@H](C)C[C@@H](C)Cc1ccc(-c2ccccc2)cc1.CCOC(C)=O. The van der Waals surface area contributed by atoms with Crippen LogP contribution in [0.2, 0.25) is 0 Å². The molecule has 0 aliphatic heterocycles. The molecule has 0 bridgehead atoms. The quantitative estimate of drug-likeness (QED) is 0.0335. The molecule has 0 radical (unpaired) electrons. The molecule has 8 nitrogen and oxygen atoms in total. The molecule has 8 heteroatoms. The van der Waals surface area contributed by atoms with Gasteiger partial charge in [-0.3, -0.25) is 14.4 Å². The van der Waals surface area contributed by atoms with Crippen molar-refractivity contribution in [3.63, 3.8) is 0 Å². The zero-order chi connectivity index (χ0) is 72.1. The molecule has 3 aliphatic rings. The highest BCUT2D eigenvalue weighted by atomic mass is 16.6. The van der Waals surface area contributed by atoms with Crippen LogP contribution in [-0.2, 0) is 57.4 Å². The summed E-state index contributed by atoms with van der Waals surface area (Å²) in [4.78, 5) is 48.3. The summed E-state index contributed by atoms with van der Waals surface area (Å²) in [5.74, 6) is 5.82. The van der Waals surface area contributed by atoms with E-state index in [0.29, 0.717) is 71.7 Å². The van der Waals surface area contributed by atoms with Crippen LogP contribution >= 0.6 is 0 Å². The summed E-state index contributed by atoms with van der Waals surface area (Å²) in [7, 11) is 0. The van der Waals surface area contributed by atoms with E-state index in [1.165, 1.54) is 89.1 Å². The van der Waals surface area contributed by atoms with Gasteiger partial charge in [0.1, 0.15) is 18.3 Å². The molecule has 538 valence electrons. The second-order valence-corrected chi connectivity index (χ2v) is 31.4. The van der Waals surface area contributed by atoms with Crippen LogP contribution in [-0.4, -0.2) is 48.8 Å². The zero-order valence-corrected chi connectivity index (χ0v) is 63.9. The summed E-state index contributed by atoms with van der Waals surface area (Å²) in [5, 5.41) is 0. The van der Waals surface area contributed by atoms with Crippen molar-refractivity contribution in [3.8, 4) is 33.4 Å². The fourth-order valence-electron chi connectivity index (χ4n) is 15.4. The maximum absolute atomic E-state index is 12.9. The van der Waals surface area contributed by atoms with E-state index in [2.05, 4.69) is 239 Å². The van der Waals surface area contributed by atoms with Gasteiger partial charge in [0.05, 0.1) is 18.4 Å². The molecule has 99 heavy (non-hydrogen) atoms. The van der Waals surface area contributed by atoms with Crippen LogP contribution in [0.15, 0.2) is 175 Å². The lowest BCUT2D eigenvalue weighted by molar-refractivity contribution is -0.161. The van der Waals surface area contributed by atoms with Gasteiger partial charge in [0.2, 0.25) is 0 Å². The molecular weight excluding hydrogens is 1220 g/mol. The summed E-state index contributed by atoms with van der Waals surface area (Å²) in [6.45, 7) is 36.6. The van der Waals surface area contributed by atoms with E-state index in [1.807, 2.05) is 39.0 Å². The van der Waals surface area contributed by atoms with Gasteiger partial charge in [-0.1, -0.05) is 286 Å². The first-order valence-corrected chi connectivity index (χ1v) is 38.1. The molecule has 0 unspecified atom stereocenters. The molecule has 3 fully saturated rings. The minimum absolute atomic E-state index is 0.00368. The molecule has 14 atom stereocenters. The van der Waals surface area contributed by atoms with Crippen LogP contribution in [0, 0.1) is 82.9 Å². The first kappa shape index (κ1) is 80.9. The highest BCUT2D eigenvalue weighted by Gasteiger charge is 2.37. The van der Waals surface area contributed by atoms with Crippen LogP contribution in [0.25, 0.3) is 33.4 Å². The Morgan fingerprint density at radius 3 is 0.970 bits per heavy atom. The average molecular weight is 1350 g/mol. The Hall–Kier alpha value is -7.06. The Bertz CT molecular complexity index is 3170. The van der Waals surface area contributed by atoms with E-state index in [4.69, 9.17) is 14.2 Å². The second-order valence-electron chi connectivity index (χ2n) is 31.4. The van der Waals surface area contributed by atoms with E-state index in [9.17, 15) is 19.2 Å². The smallest absolute Gasteiger partial charge is 0.333 e. The number of hydrogen-bond donors (Lipinski definition) is 0. The number of carbonyl (C=O) groups excluding carboxylic acids is 4. The molecule has 0 N–H and O–H groups in total. The van der Waals surface area contributed by atoms with E-state index in [1.54, 1.807) is 6.92 Å². The highest BCUT2D eigenvalue weighted by molar-refractivity contribution is 5.88. The molecule has 0 spiro atoms. The van der Waals surface area contributed by atoms with Crippen molar-refractivity contribution in [2.45, 2.75) is 226 Å². The number of rotatable bonds is 24. The van der Waals surface area contributed by atoms with E-state index < -0.39 is 0 Å². The fourth-order valence-corrected chi connectivity index (χ4v) is 15.4. The predicted molar refractivity (Wildman–Crippen MR) is 412 cm³/mol. The number of hydrogen-bond acceptors (Lipinski definition) is 8. The van der Waals surface area contributed by atoms with Crippen LogP contribution in [0.4, 0.5) is 0 Å². The van der Waals surface area contributed by atoms with Gasteiger partial charge in [0.25, 0.3) is 0 Å². The third kappa shape index (κ3) is 27.8. The molecule has 6 aromatic carbocycles. The molecule has 0 amide bonds. The van der Waals surface area contributed by atoms with Crippen molar-refractivity contribution in [2.75, 3.05) is 6.61 Å². The van der Waals surface area contributed by atoms with Crippen LogP contribution < -0.4 is 0 Å². The van der Waals surface area contributed by atoms with Crippen LogP contribution in [0.5, 0.6) is 0 Å². The molecular formula is C91H126O8. The van der Waals surface area contributed by atoms with Gasteiger partial charge >= 0.3 is 23.9 Å². The largest absolute Gasteiger partial charge is 0.466 e. The minimum atomic E-state index is -0.211. The molecule has 3 saturated carbocycles. The Morgan fingerprint density at radius 2 is 0.687 bits per heavy atom. The highest BCUT2D eigenvalue weighted by Crippen LogP contribution is 2.39. The molecule has 0 saturated heterocycles. The summed E-state index contributed by atoms with van der Waals surface area (Å²) in [6.07, 6.45) is 17.3. The Morgan fingerprint density at radius 1 is 0.394 bits per heavy atom. The Balaban J connectivity index is 0.000000224. The second kappa shape index (κ2) is 41.6. The normalized spacial score (nSPS) is 22.3. The van der Waals surface area contributed by atoms with Crippen molar-refractivity contribution in [3.05, 3.63) is 192 Å². The lowest BCUT2D eigenvalue weighted by Crippen LogP contribution is -2.37. The number of ether oxygens (including phenoxy) is 4. The van der Waals surface area contributed by atoms with Crippen LogP contribution in [0.3, 0.4) is 0 Å². The standard InChI is InChI=1S/2C29H40O2.C29H38O2.C4H8O2/c3*1-20(2)27-16-11-21(3)19-28(27)31-29(30)23(5)17-22(4)18-24-12-14-26(15-13-24)25-9-7-6-8-10-25;1-3-6-4(2)5/h2*6-10,12-15,20-23,27-28H,11,16-19H2,1-5H3;6-10,12-15,17,20-22,27-28H,11,16,18-19H2,1-5H3;3H2,1-2H3/b;;23-17+;/t21-,22-,23+,27+,28-;21-,22-,23-,27+,28-;21-,22-,27+,28-;/m111./s1. The molecule has 0 heterocycles. The third-order valence-corrected chi connectivity index (χ3v) is 21.1. The van der Waals surface area contributed by atoms with Gasteiger partial charge in [-0.2, -0.15) is 0 Å². The topological polar surface area (TPSA) is 105 Å². The lowest BCUT2D eigenvalue weighted by Gasteiger charge is -2.37.